The predicted molar refractivity (Wildman–Crippen MR) is 80.8 cm³/mol. The Morgan fingerprint density at radius 3 is 2.20 bits per heavy atom. The largest absolute Gasteiger partial charge is 0.348 e. The maximum atomic E-state index is 11.9. The van der Waals surface area contributed by atoms with Crippen molar-refractivity contribution < 1.29 is 9.59 Å². The normalized spacial score (nSPS) is 21.2. The van der Waals surface area contributed by atoms with Crippen LogP contribution in [0.2, 0.25) is 0 Å². The van der Waals surface area contributed by atoms with E-state index in [0.717, 1.165) is 12.8 Å². The Bertz CT molecular complexity index is 353. The Morgan fingerprint density at radius 2 is 1.70 bits per heavy atom. The molecule has 1 rings (SSSR count). The van der Waals surface area contributed by atoms with Crippen molar-refractivity contribution in [2.75, 3.05) is 12.4 Å². The van der Waals surface area contributed by atoms with E-state index in [-0.39, 0.29) is 17.1 Å². The van der Waals surface area contributed by atoms with Crippen molar-refractivity contribution in [1.29, 1.82) is 0 Å². The highest BCUT2D eigenvalue weighted by Gasteiger charge is 2.38. The summed E-state index contributed by atoms with van der Waals surface area (Å²) in [5, 5.41) is 8.94. The molecule has 116 valence electrons. The summed E-state index contributed by atoms with van der Waals surface area (Å²) in [6.45, 7) is 8.85. The smallest absolute Gasteiger partial charge is 0.309 e. The van der Waals surface area contributed by atoms with E-state index >= 15 is 0 Å². The molecule has 0 atom stereocenters. The highest BCUT2D eigenvalue weighted by molar-refractivity contribution is 6.35. The van der Waals surface area contributed by atoms with Crippen molar-refractivity contribution in [2.45, 2.75) is 64.1 Å². The molecular weight excluding hydrogens is 278 g/mol. The third kappa shape index (κ3) is 5.67. The molecule has 0 aromatic rings. The molecule has 20 heavy (non-hydrogen) atoms. The van der Waals surface area contributed by atoms with Crippen molar-refractivity contribution in [3.63, 3.8) is 0 Å². The Hall–Kier alpha value is -0.810. The van der Waals surface area contributed by atoms with Crippen LogP contribution < -0.4 is 16.0 Å². The first-order valence-electron chi connectivity index (χ1n) is 7.09. The molecule has 0 radical (unpaired) electrons. The molecule has 6 heteroatoms. The lowest BCUT2D eigenvalue weighted by molar-refractivity contribution is -0.140. The van der Waals surface area contributed by atoms with Crippen LogP contribution >= 0.6 is 11.6 Å². The van der Waals surface area contributed by atoms with Gasteiger partial charge in [-0.1, -0.05) is 0 Å². The average molecular weight is 304 g/mol. The number of halogens is 1. The maximum Gasteiger partial charge on any atom is 0.309 e. The Labute approximate surface area is 126 Å². The fourth-order valence-electron chi connectivity index (χ4n) is 3.02. The van der Waals surface area contributed by atoms with Crippen LogP contribution in [0.5, 0.6) is 0 Å². The lowest BCUT2D eigenvalue weighted by Crippen LogP contribution is -2.62. The third-order valence-corrected chi connectivity index (χ3v) is 3.59. The van der Waals surface area contributed by atoms with E-state index in [9.17, 15) is 9.59 Å². The third-order valence-electron chi connectivity index (χ3n) is 3.33. The van der Waals surface area contributed by atoms with Crippen molar-refractivity contribution >= 4 is 23.4 Å². The zero-order valence-corrected chi connectivity index (χ0v) is 13.6. The van der Waals surface area contributed by atoms with Crippen LogP contribution in [-0.2, 0) is 9.59 Å². The standard InChI is InChI=1S/C14H26ClN3O2/c1-13(2)8-10(9-14(3,4)18-13)17-12(20)11(19)16-7-5-6-15/h10,18H,5-9H2,1-4H3,(H,16,19)(H,17,20). The lowest BCUT2D eigenvalue weighted by atomic mass is 9.79. The quantitative estimate of drug-likeness (QED) is 0.415. The van der Waals surface area contributed by atoms with E-state index < -0.39 is 11.8 Å². The van der Waals surface area contributed by atoms with Crippen LogP contribution in [0.25, 0.3) is 0 Å². The maximum absolute atomic E-state index is 11.9. The van der Waals surface area contributed by atoms with Gasteiger partial charge in [-0.15, -0.1) is 11.6 Å². The summed E-state index contributed by atoms with van der Waals surface area (Å²) in [4.78, 5) is 23.5. The van der Waals surface area contributed by atoms with Gasteiger partial charge in [0.2, 0.25) is 0 Å². The van der Waals surface area contributed by atoms with Crippen LogP contribution in [0, 0.1) is 0 Å². The number of hydrogen-bond donors (Lipinski definition) is 3. The van der Waals surface area contributed by atoms with Gasteiger partial charge in [0, 0.05) is 29.5 Å². The molecule has 0 aliphatic carbocycles. The topological polar surface area (TPSA) is 70.2 Å². The van der Waals surface area contributed by atoms with Crippen LogP contribution in [0.3, 0.4) is 0 Å². The zero-order chi connectivity index (χ0) is 15.4. The molecule has 1 aliphatic heterocycles. The summed E-state index contributed by atoms with van der Waals surface area (Å²) in [5.74, 6) is -0.666. The summed E-state index contributed by atoms with van der Waals surface area (Å²) in [5.41, 5.74) is -0.121. The SMILES string of the molecule is CC1(C)CC(NC(=O)C(=O)NCCCCl)CC(C)(C)N1. The van der Waals surface area contributed by atoms with E-state index in [1.807, 2.05) is 0 Å². The number of carbonyl (C=O) groups excluding carboxylic acids is 2. The van der Waals surface area contributed by atoms with E-state index in [1.54, 1.807) is 0 Å². The summed E-state index contributed by atoms with van der Waals surface area (Å²) >= 11 is 5.52. The first-order valence-corrected chi connectivity index (χ1v) is 7.63. The molecule has 2 amide bonds. The van der Waals surface area contributed by atoms with E-state index in [0.29, 0.717) is 18.8 Å². The van der Waals surface area contributed by atoms with Gasteiger partial charge in [0.25, 0.3) is 0 Å². The van der Waals surface area contributed by atoms with E-state index in [4.69, 9.17) is 11.6 Å². The predicted octanol–water partition coefficient (Wildman–Crippen LogP) is 1.16. The second kappa shape index (κ2) is 6.76. The van der Waals surface area contributed by atoms with Gasteiger partial charge in [-0.05, 0) is 47.0 Å². The van der Waals surface area contributed by atoms with Crippen LogP contribution in [0.15, 0.2) is 0 Å². The fraction of sp³-hybridized carbons (Fsp3) is 0.857. The van der Waals surface area contributed by atoms with Crippen molar-refractivity contribution in [1.82, 2.24) is 16.0 Å². The molecule has 0 saturated carbocycles. The molecule has 0 spiro atoms. The number of piperidine rings is 1. The molecule has 0 aromatic carbocycles. The van der Waals surface area contributed by atoms with Crippen LogP contribution in [0.1, 0.15) is 47.0 Å². The van der Waals surface area contributed by atoms with E-state index in [1.165, 1.54) is 0 Å². The molecule has 1 heterocycles. The number of nitrogens with one attached hydrogen (secondary N) is 3. The van der Waals surface area contributed by atoms with E-state index in [2.05, 4.69) is 43.6 Å². The summed E-state index contributed by atoms with van der Waals surface area (Å²) in [6.07, 6.45) is 2.27. The molecular formula is C14H26ClN3O2. The van der Waals surface area contributed by atoms with Gasteiger partial charge < -0.3 is 16.0 Å². The van der Waals surface area contributed by atoms with Gasteiger partial charge in [0.1, 0.15) is 0 Å². The first kappa shape index (κ1) is 17.2. The highest BCUT2D eigenvalue weighted by Crippen LogP contribution is 2.28. The molecule has 5 nitrogen and oxygen atoms in total. The average Bonchev–Trinajstić information content (AvgIpc) is 2.24. The summed E-state index contributed by atoms with van der Waals surface area (Å²) in [7, 11) is 0. The molecule has 1 aliphatic rings. The minimum atomic E-state index is -0.579. The summed E-state index contributed by atoms with van der Waals surface area (Å²) in [6, 6.07) is 0.00697. The zero-order valence-electron chi connectivity index (χ0n) is 12.8. The van der Waals surface area contributed by atoms with Crippen molar-refractivity contribution in [2.24, 2.45) is 0 Å². The highest BCUT2D eigenvalue weighted by atomic mass is 35.5. The minimum absolute atomic E-state index is 0.00697. The molecule has 1 fully saturated rings. The Balaban J connectivity index is 2.50. The van der Waals surface area contributed by atoms with Gasteiger partial charge in [-0.2, -0.15) is 0 Å². The fourth-order valence-corrected chi connectivity index (χ4v) is 3.16. The van der Waals surface area contributed by atoms with Gasteiger partial charge in [0.05, 0.1) is 0 Å². The van der Waals surface area contributed by atoms with Crippen molar-refractivity contribution in [3.8, 4) is 0 Å². The minimum Gasteiger partial charge on any atom is -0.348 e. The molecule has 3 N–H and O–H groups in total. The number of carbonyl (C=O) groups is 2. The number of alkyl halides is 1. The second-order valence-corrected chi connectivity index (χ2v) is 7.15. The second-order valence-electron chi connectivity index (χ2n) is 6.77. The van der Waals surface area contributed by atoms with Gasteiger partial charge in [-0.25, -0.2) is 0 Å². The number of hydrogen-bond acceptors (Lipinski definition) is 3. The molecule has 0 aromatic heterocycles. The monoisotopic (exact) mass is 303 g/mol. The first-order chi connectivity index (χ1) is 9.15. The molecule has 0 unspecified atom stereocenters. The number of amides is 2. The van der Waals surface area contributed by atoms with Crippen LogP contribution in [0.4, 0.5) is 0 Å². The number of rotatable bonds is 4. The lowest BCUT2D eigenvalue weighted by Gasteiger charge is -2.46. The Kier molecular flexibility index (Phi) is 5.83. The van der Waals surface area contributed by atoms with Gasteiger partial charge >= 0.3 is 11.8 Å². The summed E-state index contributed by atoms with van der Waals surface area (Å²) < 4.78 is 0. The van der Waals surface area contributed by atoms with Crippen LogP contribution in [-0.4, -0.2) is 41.4 Å². The van der Waals surface area contributed by atoms with Gasteiger partial charge in [-0.3, -0.25) is 9.59 Å². The Morgan fingerprint density at radius 1 is 1.15 bits per heavy atom. The van der Waals surface area contributed by atoms with Crippen molar-refractivity contribution in [3.05, 3.63) is 0 Å². The van der Waals surface area contributed by atoms with Gasteiger partial charge in [0.15, 0.2) is 0 Å². The molecule has 1 saturated heterocycles. The molecule has 0 bridgehead atoms.